The molecule has 1 aliphatic heterocycles. The fourth-order valence-electron chi connectivity index (χ4n) is 2.68. The number of hydrogen-bond acceptors (Lipinski definition) is 7. The van der Waals surface area contributed by atoms with Gasteiger partial charge >= 0.3 is 11.9 Å². The first-order chi connectivity index (χ1) is 12.5. The maximum atomic E-state index is 12.4. The lowest BCUT2D eigenvalue weighted by molar-refractivity contribution is -0.384. The van der Waals surface area contributed by atoms with E-state index in [0.717, 1.165) is 0 Å². The van der Waals surface area contributed by atoms with E-state index in [0.29, 0.717) is 11.3 Å². The fraction of sp³-hybridized carbons (Fsp3) is 0.222. The highest BCUT2D eigenvalue weighted by Gasteiger charge is 2.35. The third kappa shape index (κ3) is 3.49. The Kier molecular flexibility index (Phi) is 4.83. The first kappa shape index (κ1) is 17.4. The van der Waals surface area contributed by atoms with Crippen molar-refractivity contribution in [2.24, 2.45) is 0 Å². The van der Waals surface area contributed by atoms with Crippen LogP contribution in [0.25, 0.3) is 0 Å². The molecule has 8 nitrogen and oxygen atoms in total. The van der Waals surface area contributed by atoms with Crippen LogP contribution in [0.1, 0.15) is 28.4 Å². The maximum Gasteiger partial charge on any atom is 0.347 e. The number of fused-ring (bicyclic) bond motifs is 1. The highest BCUT2D eigenvalue weighted by molar-refractivity contribution is 5.90. The molecule has 0 saturated heterocycles. The maximum absolute atomic E-state index is 12.4. The molecule has 26 heavy (non-hydrogen) atoms. The van der Waals surface area contributed by atoms with Crippen molar-refractivity contribution in [3.05, 3.63) is 69.8 Å². The van der Waals surface area contributed by atoms with Crippen molar-refractivity contribution in [1.29, 1.82) is 0 Å². The SMILES string of the molecule is COC(=O)[C@@H]1C[C@@H](OC(=O)c2ccc([N+](=O)[O-])cc2)c2ccccc2O1. The van der Waals surface area contributed by atoms with E-state index in [1.54, 1.807) is 24.3 Å². The number of nitrogens with zero attached hydrogens (tertiary/aromatic N) is 1. The molecule has 0 N–H and O–H groups in total. The molecule has 0 saturated carbocycles. The number of benzene rings is 2. The molecule has 0 aromatic heterocycles. The second-order valence-corrected chi connectivity index (χ2v) is 5.60. The average Bonchev–Trinajstić information content (AvgIpc) is 2.67. The number of carbonyl (C=O) groups is 2. The zero-order valence-corrected chi connectivity index (χ0v) is 13.8. The van der Waals surface area contributed by atoms with Crippen molar-refractivity contribution in [2.45, 2.75) is 18.6 Å². The highest BCUT2D eigenvalue weighted by atomic mass is 16.6. The Bertz CT molecular complexity index is 847. The largest absolute Gasteiger partial charge is 0.478 e. The van der Waals surface area contributed by atoms with Crippen LogP contribution < -0.4 is 4.74 Å². The van der Waals surface area contributed by atoms with Crippen LogP contribution in [0.15, 0.2) is 48.5 Å². The van der Waals surface area contributed by atoms with Gasteiger partial charge in [-0.15, -0.1) is 0 Å². The van der Waals surface area contributed by atoms with Gasteiger partial charge in [0.15, 0.2) is 6.10 Å². The number of nitro groups is 1. The van der Waals surface area contributed by atoms with Gasteiger partial charge in [0.2, 0.25) is 0 Å². The number of esters is 2. The quantitative estimate of drug-likeness (QED) is 0.470. The summed E-state index contributed by atoms with van der Waals surface area (Å²) in [6.07, 6.45) is -1.47. The van der Waals surface area contributed by atoms with E-state index < -0.39 is 29.1 Å². The predicted octanol–water partition coefficient (Wildman–Crippen LogP) is 2.82. The second kappa shape index (κ2) is 7.22. The van der Waals surface area contributed by atoms with Gasteiger partial charge in [0.05, 0.1) is 17.6 Å². The molecule has 2 aromatic carbocycles. The van der Waals surface area contributed by atoms with Crippen molar-refractivity contribution >= 4 is 17.6 Å². The van der Waals surface area contributed by atoms with Crippen LogP contribution in [0.3, 0.4) is 0 Å². The zero-order valence-electron chi connectivity index (χ0n) is 13.8. The number of rotatable bonds is 4. The fourth-order valence-corrected chi connectivity index (χ4v) is 2.68. The van der Waals surface area contributed by atoms with Crippen LogP contribution >= 0.6 is 0 Å². The van der Waals surface area contributed by atoms with Gasteiger partial charge in [-0.1, -0.05) is 18.2 Å². The molecule has 0 aliphatic carbocycles. The number of non-ortho nitro benzene ring substituents is 1. The lowest BCUT2D eigenvalue weighted by Gasteiger charge is -2.30. The van der Waals surface area contributed by atoms with Crippen molar-refractivity contribution in [1.82, 2.24) is 0 Å². The van der Waals surface area contributed by atoms with Crippen LogP contribution in [-0.2, 0) is 14.3 Å². The van der Waals surface area contributed by atoms with Gasteiger partial charge in [0.1, 0.15) is 11.9 Å². The summed E-state index contributed by atoms with van der Waals surface area (Å²) in [7, 11) is 1.25. The summed E-state index contributed by atoms with van der Waals surface area (Å²) in [5, 5.41) is 10.7. The summed E-state index contributed by atoms with van der Waals surface area (Å²) in [5.41, 5.74) is 0.695. The van der Waals surface area contributed by atoms with Gasteiger partial charge in [-0.25, -0.2) is 9.59 Å². The molecule has 3 rings (SSSR count). The minimum absolute atomic E-state index is 0.114. The molecule has 1 heterocycles. The number of hydrogen-bond donors (Lipinski definition) is 0. The molecular formula is C18H15NO7. The van der Waals surface area contributed by atoms with Gasteiger partial charge < -0.3 is 14.2 Å². The number of methoxy groups -OCH3 is 1. The standard InChI is InChI=1S/C18H15NO7/c1-24-18(21)16-10-15(13-4-2-3-5-14(13)25-16)26-17(20)11-6-8-12(9-7-11)19(22)23/h2-9,15-16H,10H2,1H3/t15-,16+/m1/s1. The van der Waals surface area contributed by atoms with Gasteiger partial charge in [0, 0.05) is 24.1 Å². The first-order valence-corrected chi connectivity index (χ1v) is 7.78. The summed E-state index contributed by atoms with van der Waals surface area (Å²) in [6, 6.07) is 12.0. The van der Waals surface area contributed by atoms with Crippen LogP contribution in [0.4, 0.5) is 5.69 Å². The monoisotopic (exact) mass is 357 g/mol. The summed E-state index contributed by atoms with van der Waals surface area (Å²) in [6.45, 7) is 0. The highest BCUT2D eigenvalue weighted by Crippen LogP contribution is 2.37. The van der Waals surface area contributed by atoms with E-state index in [4.69, 9.17) is 14.2 Å². The topological polar surface area (TPSA) is 105 Å². The molecule has 0 spiro atoms. The van der Waals surface area contributed by atoms with E-state index in [1.807, 2.05) is 0 Å². The van der Waals surface area contributed by atoms with Crippen LogP contribution in [0.2, 0.25) is 0 Å². The number of nitro benzene ring substituents is 1. The van der Waals surface area contributed by atoms with E-state index in [2.05, 4.69) is 0 Å². The minimum Gasteiger partial charge on any atom is -0.478 e. The van der Waals surface area contributed by atoms with E-state index in [-0.39, 0.29) is 17.7 Å². The molecule has 8 heteroatoms. The number of para-hydroxylation sites is 1. The molecule has 0 bridgehead atoms. The normalized spacial score (nSPS) is 18.2. The third-order valence-corrected chi connectivity index (χ3v) is 3.99. The third-order valence-electron chi connectivity index (χ3n) is 3.99. The first-order valence-electron chi connectivity index (χ1n) is 7.78. The van der Waals surface area contributed by atoms with Crippen LogP contribution in [0.5, 0.6) is 5.75 Å². The summed E-state index contributed by atoms with van der Waals surface area (Å²) >= 11 is 0. The van der Waals surface area contributed by atoms with Crippen molar-refractivity contribution in [2.75, 3.05) is 7.11 Å². The molecule has 2 atom stereocenters. The Morgan fingerprint density at radius 2 is 1.85 bits per heavy atom. The van der Waals surface area contributed by atoms with Crippen molar-refractivity contribution in [3.63, 3.8) is 0 Å². The summed E-state index contributed by atoms with van der Waals surface area (Å²) in [4.78, 5) is 34.4. The molecule has 0 radical (unpaired) electrons. The molecule has 1 aliphatic rings. The van der Waals surface area contributed by atoms with Gasteiger partial charge in [-0.2, -0.15) is 0 Å². The summed E-state index contributed by atoms with van der Waals surface area (Å²) in [5.74, 6) is -0.767. The van der Waals surface area contributed by atoms with Gasteiger partial charge in [-0.3, -0.25) is 10.1 Å². The minimum atomic E-state index is -0.885. The van der Waals surface area contributed by atoms with Crippen molar-refractivity contribution < 1.29 is 28.7 Å². The van der Waals surface area contributed by atoms with E-state index in [1.165, 1.54) is 31.4 Å². The second-order valence-electron chi connectivity index (χ2n) is 5.60. The smallest absolute Gasteiger partial charge is 0.347 e. The van der Waals surface area contributed by atoms with Crippen LogP contribution in [0, 0.1) is 10.1 Å². The van der Waals surface area contributed by atoms with Gasteiger partial charge in [-0.05, 0) is 18.2 Å². The Morgan fingerprint density at radius 1 is 1.15 bits per heavy atom. The Balaban J connectivity index is 1.82. The molecule has 0 amide bonds. The average molecular weight is 357 g/mol. The lowest BCUT2D eigenvalue weighted by atomic mass is 9.98. The van der Waals surface area contributed by atoms with E-state index >= 15 is 0 Å². The molecule has 0 fully saturated rings. The molecule has 0 unspecified atom stereocenters. The van der Waals surface area contributed by atoms with Gasteiger partial charge in [0.25, 0.3) is 5.69 Å². The predicted molar refractivity (Wildman–Crippen MR) is 88.7 cm³/mol. The molecule has 134 valence electrons. The zero-order chi connectivity index (χ0) is 18.7. The van der Waals surface area contributed by atoms with Crippen molar-refractivity contribution in [3.8, 4) is 5.75 Å². The molecule has 2 aromatic rings. The number of carbonyl (C=O) groups excluding carboxylic acids is 2. The van der Waals surface area contributed by atoms with E-state index in [9.17, 15) is 19.7 Å². The Hall–Kier alpha value is -3.42. The van der Waals surface area contributed by atoms with Crippen LogP contribution in [-0.4, -0.2) is 30.1 Å². The lowest BCUT2D eigenvalue weighted by Crippen LogP contribution is -2.35. The summed E-state index contributed by atoms with van der Waals surface area (Å²) < 4.78 is 15.8. The number of ether oxygens (including phenoxy) is 3. The molecular weight excluding hydrogens is 342 g/mol. The Morgan fingerprint density at radius 3 is 2.50 bits per heavy atom. The Labute approximate surface area is 148 Å².